The molecule has 1 aliphatic rings. The number of aromatic nitrogens is 2. The summed E-state index contributed by atoms with van der Waals surface area (Å²) in [5, 5.41) is 3.42. The molecule has 0 aliphatic carbocycles. The van der Waals surface area contributed by atoms with Crippen LogP contribution in [0.3, 0.4) is 0 Å². The Labute approximate surface area is 163 Å². The highest BCUT2D eigenvalue weighted by molar-refractivity contribution is 5.64. The molecule has 0 spiro atoms. The van der Waals surface area contributed by atoms with E-state index in [1.807, 2.05) is 12.3 Å². The monoisotopic (exact) mass is 367 g/mol. The lowest BCUT2D eigenvalue weighted by atomic mass is 10.0. The van der Waals surface area contributed by atoms with Crippen molar-refractivity contribution in [3.8, 4) is 0 Å². The molecule has 1 saturated heterocycles. The molecule has 3 rings (SSSR count). The Balaban J connectivity index is 1.78. The van der Waals surface area contributed by atoms with Crippen LogP contribution in [-0.4, -0.2) is 35.6 Å². The average molecular weight is 368 g/mol. The number of rotatable bonds is 7. The van der Waals surface area contributed by atoms with Crippen LogP contribution >= 0.6 is 0 Å². The highest BCUT2D eigenvalue weighted by Crippen LogP contribution is 2.27. The van der Waals surface area contributed by atoms with E-state index in [1.54, 1.807) is 0 Å². The van der Waals surface area contributed by atoms with Gasteiger partial charge in [-0.2, -0.15) is 4.98 Å². The quantitative estimate of drug-likeness (QED) is 0.734. The van der Waals surface area contributed by atoms with Gasteiger partial charge in [-0.1, -0.05) is 6.92 Å². The molecule has 1 aromatic carbocycles. The number of hydrogen-bond acceptors (Lipinski definition) is 5. The number of aryl methyl sites for hydroxylation is 1. The van der Waals surface area contributed by atoms with Gasteiger partial charge in [0.2, 0.25) is 5.95 Å². The summed E-state index contributed by atoms with van der Waals surface area (Å²) in [6.07, 6.45) is 6.86. The Morgan fingerprint density at radius 3 is 2.67 bits per heavy atom. The summed E-state index contributed by atoms with van der Waals surface area (Å²) in [5.41, 5.74) is 3.53. The van der Waals surface area contributed by atoms with E-state index in [0.717, 1.165) is 31.1 Å². The Bertz CT molecular complexity index is 741. The summed E-state index contributed by atoms with van der Waals surface area (Å²) in [5.74, 6) is 1.71. The molecule has 0 bridgehead atoms. The van der Waals surface area contributed by atoms with Gasteiger partial charge in [0.1, 0.15) is 5.82 Å². The minimum atomic E-state index is 0.594. The predicted molar refractivity (Wildman–Crippen MR) is 115 cm³/mol. The average Bonchev–Trinajstić information content (AvgIpc) is 2.71. The first-order valence-corrected chi connectivity index (χ1v) is 10.4. The second kappa shape index (κ2) is 9.07. The summed E-state index contributed by atoms with van der Waals surface area (Å²) >= 11 is 0. The van der Waals surface area contributed by atoms with Crippen LogP contribution in [0.4, 0.5) is 23.1 Å². The third kappa shape index (κ3) is 4.52. The number of anilines is 4. The van der Waals surface area contributed by atoms with Crippen molar-refractivity contribution in [1.29, 1.82) is 0 Å². The molecule has 5 heteroatoms. The van der Waals surface area contributed by atoms with Crippen LogP contribution in [0.2, 0.25) is 0 Å². The van der Waals surface area contributed by atoms with E-state index in [0.29, 0.717) is 12.0 Å². The first-order chi connectivity index (χ1) is 13.2. The third-order valence-corrected chi connectivity index (χ3v) is 5.62. The van der Waals surface area contributed by atoms with Crippen LogP contribution in [0.25, 0.3) is 0 Å². The van der Waals surface area contributed by atoms with Crippen LogP contribution in [0.1, 0.15) is 52.0 Å². The molecule has 5 nitrogen and oxygen atoms in total. The lowest BCUT2D eigenvalue weighted by Gasteiger charge is -2.36. The fourth-order valence-corrected chi connectivity index (χ4v) is 3.99. The Morgan fingerprint density at radius 2 is 1.96 bits per heavy atom. The molecule has 0 saturated carbocycles. The van der Waals surface area contributed by atoms with Crippen molar-refractivity contribution in [2.45, 2.75) is 59.4 Å². The Morgan fingerprint density at radius 1 is 1.15 bits per heavy atom. The number of piperidine rings is 1. The summed E-state index contributed by atoms with van der Waals surface area (Å²) in [4.78, 5) is 14.1. The smallest absolute Gasteiger partial charge is 0.229 e. The van der Waals surface area contributed by atoms with Crippen LogP contribution in [0, 0.1) is 6.92 Å². The van der Waals surface area contributed by atoms with Crippen LogP contribution in [-0.2, 0) is 0 Å². The van der Waals surface area contributed by atoms with Crippen molar-refractivity contribution in [1.82, 2.24) is 9.97 Å². The maximum atomic E-state index is 4.81. The molecule has 2 heterocycles. The van der Waals surface area contributed by atoms with E-state index < -0.39 is 0 Å². The summed E-state index contributed by atoms with van der Waals surface area (Å²) in [6.45, 7) is 11.9. The van der Waals surface area contributed by atoms with Crippen LogP contribution in [0.15, 0.2) is 30.5 Å². The molecule has 1 atom stereocenters. The molecule has 1 fully saturated rings. The predicted octanol–water partition coefficient (Wildman–Crippen LogP) is 5.14. The number of benzene rings is 1. The molecular formula is C22H33N5. The number of nitrogens with one attached hydrogen (secondary N) is 1. The normalized spacial score (nSPS) is 17.0. The highest BCUT2D eigenvalue weighted by atomic mass is 15.2. The molecule has 27 heavy (non-hydrogen) atoms. The number of hydrogen-bond donors (Lipinski definition) is 1. The first-order valence-electron chi connectivity index (χ1n) is 10.4. The maximum absolute atomic E-state index is 4.81. The van der Waals surface area contributed by atoms with E-state index in [2.05, 4.69) is 66.0 Å². The molecular weight excluding hydrogens is 334 g/mol. The zero-order valence-electron chi connectivity index (χ0n) is 17.2. The maximum Gasteiger partial charge on any atom is 0.229 e. The van der Waals surface area contributed by atoms with Gasteiger partial charge in [0.05, 0.1) is 0 Å². The minimum absolute atomic E-state index is 0.594. The first kappa shape index (κ1) is 19.5. The van der Waals surface area contributed by atoms with Gasteiger partial charge in [-0.05, 0) is 76.3 Å². The summed E-state index contributed by atoms with van der Waals surface area (Å²) in [6, 6.07) is 9.17. The lowest BCUT2D eigenvalue weighted by molar-refractivity contribution is 0.447. The zero-order chi connectivity index (χ0) is 19.2. The van der Waals surface area contributed by atoms with Gasteiger partial charge < -0.3 is 15.1 Å². The van der Waals surface area contributed by atoms with E-state index in [-0.39, 0.29) is 0 Å². The van der Waals surface area contributed by atoms with E-state index >= 15 is 0 Å². The molecule has 1 unspecified atom stereocenters. The minimum Gasteiger partial charge on any atom is -0.372 e. The van der Waals surface area contributed by atoms with Gasteiger partial charge >= 0.3 is 0 Å². The molecule has 0 amide bonds. The second-order valence-electron chi connectivity index (χ2n) is 7.29. The van der Waals surface area contributed by atoms with Gasteiger partial charge in [0, 0.05) is 43.2 Å². The van der Waals surface area contributed by atoms with Gasteiger partial charge in [-0.15, -0.1) is 0 Å². The summed E-state index contributed by atoms with van der Waals surface area (Å²) < 4.78 is 0. The van der Waals surface area contributed by atoms with Crippen molar-refractivity contribution >= 4 is 23.1 Å². The Kier molecular flexibility index (Phi) is 6.54. The van der Waals surface area contributed by atoms with Crippen molar-refractivity contribution in [2.75, 3.05) is 34.8 Å². The van der Waals surface area contributed by atoms with E-state index in [1.165, 1.54) is 36.9 Å². The highest BCUT2D eigenvalue weighted by Gasteiger charge is 2.22. The van der Waals surface area contributed by atoms with Crippen molar-refractivity contribution in [3.63, 3.8) is 0 Å². The number of nitrogens with zero attached hydrogens (tertiary/aromatic N) is 4. The van der Waals surface area contributed by atoms with Gasteiger partial charge in [-0.3, -0.25) is 0 Å². The fraction of sp³-hybridized carbons (Fsp3) is 0.545. The third-order valence-electron chi connectivity index (χ3n) is 5.62. The Hall–Kier alpha value is -2.30. The van der Waals surface area contributed by atoms with E-state index in [9.17, 15) is 0 Å². The topological polar surface area (TPSA) is 44.3 Å². The van der Waals surface area contributed by atoms with Crippen molar-refractivity contribution in [2.24, 2.45) is 0 Å². The lowest BCUT2D eigenvalue weighted by Crippen LogP contribution is -2.39. The standard InChI is InChI=1S/C22H33N5/c1-5-18-10-8-9-15-27(18)21-13-14-23-22(25-21)24-20-12-11-19(16-17(20)4)26(6-2)7-3/h11-14,16,18H,5-10,15H2,1-4H3,(H,23,24,25). The van der Waals surface area contributed by atoms with Crippen LogP contribution < -0.4 is 15.1 Å². The fourth-order valence-electron chi connectivity index (χ4n) is 3.99. The molecule has 0 radical (unpaired) electrons. The van der Waals surface area contributed by atoms with Gasteiger partial charge in [0.25, 0.3) is 0 Å². The van der Waals surface area contributed by atoms with Crippen molar-refractivity contribution < 1.29 is 0 Å². The molecule has 1 N–H and O–H groups in total. The second-order valence-corrected chi connectivity index (χ2v) is 7.29. The van der Waals surface area contributed by atoms with E-state index in [4.69, 9.17) is 4.98 Å². The van der Waals surface area contributed by atoms with Gasteiger partial charge in [0.15, 0.2) is 0 Å². The van der Waals surface area contributed by atoms with Gasteiger partial charge in [-0.25, -0.2) is 4.98 Å². The molecule has 1 aromatic heterocycles. The molecule has 2 aromatic rings. The zero-order valence-corrected chi connectivity index (χ0v) is 17.2. The molecule has 1 aliphatic heterocycles. The van der Waals surface area contributed by atoms with Crippen molar-refractivity contribution in [3.05, 3.63) is 36.0 Å². The SMILES string of the molecule is CCC1CCCCN1c1ccnc(Nc2ccc(N(CC)CC)cc2C)n1. The van der Waals surface area contributed by atoms with Crippen LogP contribution in [0.5, 0.6) is 0 Å². The largest absolute Gasteiger partial charge is 0.372 e. The summed E-state index contributed by atoms with van der Waals surface area (Å²) in [7, 11) is 0. The molecule has 146 valence electrons.